The van der Waals surface area contributed by atoms with Crippen molar-refractivity contribution < 1.29 is 0 Å². The molecule has 3 aromatic heterocycles. The molecule has 61 heavy (non-hydrogen) atoms. The second-order valence-electron chi connectivity index (χ2n) is 15.0. The van der Waals surface area contributed by atoms with Crippen molar-refractivity contribution in [3.63, 3.8) is 0 Å². The fraction of sp³-hybridized carbons (Fsp3) is 0. The number of benzene rings is 8. The van der Waals surface area contributed by atoms with Crippen molar-refractivity contribution in [2.45, 2.75) is 0 Å². The number of pyridine rings is 1. The zero-order chi connectivity index (χ0) is 40.5. The Morgan fingerprint density at radius 3 is 1.26 bits per heavy atom. The summed E-state index contributed by atoms with van der Waals surface area (Å²) in [6, 6.07) is 78.1. The molecule has 0 N–H and O–H groups in total. The predicted molar refractivity (Wildman–Crippen MR) is 250 cm³/mol. The quantitative estimate of drug-likeness (QED) is 0.154. The van der Waals surface area contributed by atoms with E-state index in [0.29, 0.717) is 17.5 Å². The zero-order valence-corrected chi connectivity index (χ0v) is 33.1. The Morgan fingerprint density at radius 1 is 0.279 bits per heavy atom. The van der Waals surface area contributed by atoms with E-state index in [1.165, 1.54) is 5.56 Å². The van der Waals surface area contributed by atoms with E-state index in [1.54, 1.807) is 0 Å². The molecule has 0 saturated heterocycles. The highest BCUT2D eigenvalue weighted by Gasteiger charge is 2.25. The summed E-state index contributed by atoms with van der Waals surface area (Å²) in [6.45, 7) is 0. The molecule has 5 nitrogen and oxygen atoms in total. The molecule has 0 bridgehead atoms. The van der Waals surface area contributed by atoms with Crippen molar-refractivity contribution in [3.8, 4) is 90.1 Å². The third-order valence-corrected chi connectivity index (χ3v) is 11.3. The number of fused-ring (bicyclic) bond motifs is 3. The molecule has 0 spiro atoms. The van der Waals surface area contributed by atoms with Gasteiger partial charge in [-0.2, -0.15) is 5.10 Å². The molecule has 0 unspecified atom stereocenters. The first-order valence-corrected chi connectivity index (χ1v) is 20.5. The Morgan fingerprint density at radius 2 is 0.689 bits per heavy atom. The van der Waals surface area contributed by atoms with Gasteiger partial charge in [-0.15, -0.1) is 0 Å². The summed E-state index contributed by atoms with van der Waals surface area (Å²) < 4.78 is 2.19. The van der Waals surface area contributed by atoms with Crippen LogP contribution in [-0.2, 0) is 0 Å². The lowest BCUT2D eigenvalue weighted by atomic mass is 9.90. The van der Waals surface area contributed by atoms with E-state index >= 15 is 0 Å². The highest BCUT2D eigenvalue weighted by atomic mass is 15.2. The van der Waals surface area contributed by atoms with Crippen LogP contribution in [0.5, 0.6) is 0 Å². The smallest absolute Gasteiger partial charge is 0.164 e. The second-order valence-corrected chi connectivity index (χ2v) is 15.0. The van der Waals surface area contributed by atoms with E-state index in [0.717, 1.165) is 83.3 Å². The van der Waals surface area contributed by atoms with E-state index in [1.807, 2.05) is 60.7 Å². The Kier molecular flexibility index (Phi) is 9.10. The fourth-order valence-corrected chi connectivity index (χ4v) is 8.41. The highest BCUT2D eigenvalue weighted by Crippen LogP contribution is 2.46. The van der Waals surface area contributed by atoms with Gasteiger partial charge in [-0.05, 0) is 33.7 Å². The predicted octanol–water partition coefficient (Wildman–Crippen LogP) is 14.0. The molecule has 3 heterocycles. The first kappa shape index (κ1) is 35.8. The third kappa shape index (κ3) is 6.64. The van der Waals surface area contributed by atoms with E-state index in [-0.39, 0.29) is 0 Å². The van der Waals surface area contributed by atoms with Crippen molar-refractivity contribution in [1.29, 1.82) is 0 Å². The van der Waals surface area contributed by atoms with Crippen LogP contribution in [0.1, 0.15) is 0 Å². The summed E-state index contributed by atoms with van der Waals surface area (Å²) >= 11 is 0. The molecule has 0 atom stereocenters. The van der Waals surface area contributed by atoms with Crippen molar-refractivity contribution in [2.75, 3.05) is 0 Å². The summed E-state index contributed by atoms with van der Waals surface area (Å²) in [7, 11) is 0. The van der Waals surface area contributed by atoms with Crippen molar-refractivity contribution in [1.82, 2.24) is 24.6 Å². The van der Waals surface area contributed by atoms with Gasteiger partial charge in [-0.3, -0.25) is 0 Å². The summed E-state index contributed by atoms with van der Waals surface area (Å²) in [5.41, 5.74) is 14.5. The largest absolute Gasteiger partial charge is 0.231 e. The molecule has 0 aliphatic carbocycles. The first-order chi connectivity index (χ1) is 30.3. The average Bonchev–Trinajstić information content (AvgIpc) is 3.76. The van der Waals surface area contributed by atoms with E-state index in [4.69, 9.17) is 20.1 Å². The van der Waals surface area contributed by atoms with Gasteiger partial charge in [-0.25, -0.2) is 19.5 Å². The summed E-state index contributed by atoms with van der Waals surface area (Å²) in [5, 5.41) is 7.86. The monoisotopic (exact) mass is 779 g/mol. The number of rotatable bonds is 8. The second kappa shape index (κ2) is 15.5. The number of hydrogen-bond donors (Lipinski definition) is 0. The first-order valence-electron chi connectivity index (χ1n) is 20.5. The highest BCUT2D eigenvalue weighted by molar-refractivity contribution is 6.15. The maximum absolute atomic E-state index is 5.63. The van der Waals surface area contributed by atoms with Gasteiger partial charge in [0.1, 0.15) is 5.69 Å². The van der Waals surface area contributed by atoms with Crippen LogP contribution in [-0.4, -0.2) is 24.6 Å². The summed E-state index contributed by atoms with van der Waals surface area (Å²) in [6.07, 6.45) is 0. The third-order valence-electron chi connectivity index (χ3n) is 11.3. The molecular formula is C56H37N5. The fourth-order valence-electron chi connectivity index (χ4n) is 8.41. The minimum Gasteiger partial charge on any atom is -0.231 e. The SMILES string of the molecule is c1ccc(-c2ccc(-c3nn4c(-c5ccccc5)c(-c5cccc(-c6nc(-c7ccccc7)nc(-c7ccccc7)n6)c5)c5ccccc5c4c3-c3ccccc3)cc2)cc1. The molecule has 0 saturated carbocycles. The average molecular weight is 780 g/mol. The molecule has 11 rings (SSSR count). The lowest BCUT2D eigenvalue weighted by Gasteiger charge is -2.18. The lowest BCUT2D eigenvalue weighted by molar-refractivity contribution is 0.981. The van der Waals surface area contributed by atoms with E-state index < -0.39 is 0 Å². The van der Waals surface area contributed by atoms with Crippen LogP contribution in [0.4, 0.5) is 0 Å². The van der Waals surface area contributed by atoms with Crippen LogP contribution in [0.15, 0.2) is 224 Å². The van der Waals surface area contributed by atoms with Gasteiger partial charge in [0.15, 0.2) is 17.5 Å². The molecule has 11 aromatic rings. The van der Waals surface area contributed by atoms with Crippen LogP contribution in [0.25, 0.3) is 106 Å². The molecule has 5 heteroatoms. The molecule has 0 aliphatic heterocycles. The number of aromatic nitrogens is 5. The zero-order valence-electron chi connectivity index (χ0n) is 33.1. The lowest BCUT2D eigenvalue weighted by Crippen LogP contribution is -2.01. The maximum Gasteiger partial charge on any atom is 0.164 e. The van der Waals surface area contributed by atoms with Crippen LogP contribution in [0, 0.1) is 0 Å². The molecule has 286 valence electrons. The van der Waals surface area contributed by atoms with Crippen molar-refractivity contribution >= 4 is 16.3 Å². The standard InChI is InChI=1S/C56H37N5/c1-6-19-38(20-7-1)39-33-35-41(36-34-39)51-50(40-21-8-2-9-22-40)53-48-32-17-16-31-47(48)49(52(61(53)60-51)42-23-10-3-11-24-42)45-29-18-30-46(37-45)56-58-54(43-25-12-4-13-26-43)57-55(59-56)44-27-14-5-15-28-44/h1-37H. The number of hydrogen-bond acceptors (Lipinski definition) is 4. The van der Waals surface area contributed by atoms with Gasteiger partial charge in [0.2, 0.25) is 0 Å². The van der Waals surface area contributed by atoms with E-state index in [9.17, 15) is 0 Å². The molecule has 0 amide bonds. The van der Waals surface area contributed by atoms with Gasteiger partial charge in [0.05, 0.1) is 11.2 Å². The Bertz CT molecular complexity index is 3250. The Balaban J connectivity index is 1.18. The topological polar surface area (TPSA) is 56.0 Å². The molecular weight excluding hydrogens is 743 g/mol. The minimum atomic E-state index is 0.605. The van der Waals surface area contributed by atoms with Gasteiger partial charge in [0.25, 0.3) is 0 Å². The van der Waals surface area contributed by atoms with Gasteiger partial charge in [0, 0.05) is 44.3 Å². The number of nitrogens with zero attached hydrogens (tertiary/aromatic N) is 5. The van der Waals surface area contributed by atoms with Gasteiger partial charge in [-0.1, -0.05) is 218 Å². The molecule has 8 aromatic carbocycles. The normalized spacial score (nSPS) is 11.3. The summed E-state index contributed by atoms with van der Waals surface area (Å²) in [4.78, 5) is 15.1. The van der Waals surface area contributed by atoms with Gasteiger partial charge >= 0.3 is 0 Å². The molecule has 0 aliphatic rings. The van der Waals surface area contributed by atoms with Crippen LogP contribution in [0.2, 0.25) is 0 Å². The maximum atomic E-state index is 5.63. The Labute approximate surface area is 354 Å². The van der Waals surface area contributed by atoms with Crippen LogP contribution < -0.4 is 0 Å². The van der Waals surface area contributed by atoms with Gasteiger partial charge < -0.3 is 0 Å². The minimum absolute atomic E-state index is 0.605. The molecule has 0 fully saturated rings. The molecule has 0 radical (unpaired) electrons. The van der Waals surface area contributed by atoms with Crippen molar-refractivity contribution in [2.24, 2.45) is 0 Å². The summed E-state index contributed by atoms with van der Waals surface area (Å²) in [5.74, 6) is 1.86. The van der Waals surface area contributed by atoms with E-state index in [2.05, 4.69) is 168 Å². The Hall–Kier alpha value is -8.28. The van der Waals surface area contributed by atoms with Crippen LogP contribution in [0.3, 0.4) is 0 Å². The van der Waals surface area contributed by atoms with Crippen molar-refractivity contribution in [3.05, 3.63) is 224 Å². The van der Waals surface area contributed by atoms with Crippen LogP contribution >= 0.6 is 0 Å².